The lowest BCUT2D eigenvalue weighted by atomic mass is 10.0. The Morgan fingerprint density at radius 1 is 1.33 bits per heavy atom. The Kier molecular flexibility index (Phi) is 6.85. The maximum absolute atomic E-state index is 13.0. The quantitative estimate of drug-likeness (QED) is 0.0540. The number of β-lactam (4-membered cyclic amide) rings is 1. The summed E-state index contributed by atoms with van der Waals surface area (Å²) in [6.45, 7) is -0.157. The van der Waals surface area contributed by atoms with Gasteiger partial charge in [-0.25, -0.2) is 9.36 Å². The van der Waals surface area contributed by atoms with E-state index in [4.69, 9.17) is 11.5 Å². The first kappa shape index (κ1) is 26.0. The summed E-state index contributed by atoms with van der Waals surface area (Å²) in [7, 11) is 0. The molecule has 5 heterocycles. The van der Waals surface area contributed by atoms with Crippen molar-refractivity contribution < 1.29 is 34.1 Å². The molecule has 3 amide bonds. The molecule has 8 N–H and O–H groups in total. The zero-order valence-corrected chi connectivity index (χ0v) is 21.3. The molecule has 0 aromatic carbocycles. The van der Waals surface area contributed by atoms with E-state index in [9.17, 15) is 29.5 Å². The number of aromatic nitrogens is 5. The summed E-state index contributed by atoms with van der Waals surface area (Å²) in [5.41, 5.74) is 11.2. The van der Waals surface area contributed by atoms with E-state index in [2.05, 4.69) is 30.2 Å². The fourth-order valence-electron chi connectivity index (χ4n) is 4.18. The Morgan fingerprint density at radius 2 is 2.13 bits per heavy atom. The van der Waals surface area contributed by atoms with Crippen molar-refractivity contribution in [3.8, 4) is 0 Å². The number of hydrogen-bond donors (Lipinski definition) is 6. The van der Waals surface area contributed by atoms with Crippen LogP contribution in [0.25, 0.3) is 5.65 Å². The van der Waals surface area contributed by atoms with E-state index in [1.807, 2.05) is 0 Å². The Balaban J connectivity index is 1.39. The molecule has 202 valence electrons. The monoisotopic (exact) mass is 574 g/mol. The van der Waals surface area contributed by atoms with Crippen LogP contribution in [0.3, 0.4) is 0 Å². The first-order valence-corrected chi connectivity index (χ1v) is 12.9. The van der Waals surface area contributed by atoms with Gasteiger partial charge in [0.15, 0.2) is 11.3 Å². The number of imidazole rings is 1. The Bertz CT molecular complexity index is 1580. The van der Waals surface area contributed by atoms with E-state index in [0.29, 0.717) is 17.0 Å². The van der Waals surface area contributed by atoms with Crippen LogP contribution in [0.4, 0.5) is 10.9 Å². The molecular formula is C20H20N11O6S2+. The van der Waals surface area contributed by atoms with Gasteiger partial charge >= 0.3 is 11.6 Å². The molecule has 0 radical (unpaired) electrons. The van der Waals surface area contributed by atoms with E-state index in [0.717, 1.165) is 16.4 Å². The number of thioether (sulfide) groups is 1. The standard InChI is InChI=1S/C20H19N11O6S2/c21-4-10(32)24-9-6-29(11-2-1-3-23-31(9)11)5-8-7-38-18-13(17(34)30(18)14(8)19(35)36)25-16(33)12(27-37)15-26-20(22)39-28-15/h1-3,6,13,18H,4-5,7,21H2,(H5-,22,23,24,25,26,28,32,33,35,36,37)/p+1/t13-,18-/m1/s1. The van der Waals surface area contributed by atoms with Gasteiger partial charge in [-0.05, 0) is 6.07 Å². The number of nitrogens with two attached hydrogens (primary N) is 2. The van der Waals surface area contributed by atoms with Crippen LogP contribution in [-0.4, -0.2) is 87.3 Å². The van der Waals surface area contributed by atoms with Crippen LogP contribution >= 0.6 is 23.3 Å². The molecule has 17 nitrogen and oxygen atoms in total. The van der Waals surface area contributed by atoms with Crippen LogP contribution in [0.2, 0.25) is 0 Å². The summed E-state index contributed by atoms with van der Waals surface area (Å²) >= 11 is 2.05. The average Bonchev–Trinajstić information content (AvgIpc) is 3.50. The second-order valence-electron chi connectivity index (χ2n) is 8.21. The van der Waals surface area contributed by atoms with E-state index in [1.54, 1.807) is 22.9 Å². The van der Waals surface area contributed by atoms with Crippen molar-refractivity contribution in [1.29, 1.82) is 0 Å². The second-order valence-corrected chi connectivity index (χ2v) is 10.1. The number of hydrogen-bond acceptors (Lipinski definition) is 13. The average molecular weight is 575 g/mol. The third-order valence-corrected chi connectivity index (χ3v) is 7.73. The number of carboxylic acid groups (broad SMARTS) is 1. The lowest BCUT2D eigenvalue weighted by molar-refractivity contribution is -0.662. The number of fused-ring (bicyclic) bond motifs is 2. The summed E-state index contributed by atoms with van der Waals surface area (Å²) in [5.74, 6) is -2.97. The fourth-order valence-corrected chi connectivity index (χ4v) is 5.95. The van der Waals surface area contributed by atoms with Gasteiger partial charge in [-0.3, -0.25) is 24.6 Å². The predicted octanol–water partition coefficient (Wildman–Crippen LogP) is -2.43. The van der Waals surface area contributed by atoms with Crippen LogP contribution in [0, 0.1) is 0 Å². The van der Waals surface area contributed by atoms with Crippen molar-refractivity contribution in [2.45, 2.75) is 18.0 Å². The van der Waals surface area contributed by atoms with Crippen LogP contribution in [0.5, 0.6) is 0 Å². The minimum Gasteiger partial charge on any atom is -0.477 e. The number of carbonyl (C=O) groups excluding carboxylic acids is 3. The van der Waals surface area contributed by atoms with Crippen molar-refractivity contribution in [3.05, 3.63) is 41.6 Å². The van der Waals surface area contributed by atoms with Crippen molar-refractivity contribution in [1.82, 2.24) is 29.2 Å². The zero-order valence-electron chi connectivity index (χ0n) is 19.7. The first-order chi connectivity index (χ1) is 18.7. The molecule has 2 aliphatic rings. The van der Waals surface area contributed by atoms with Gasteiger partial charge < -0.3 is 27.1 Å². The molecular weight excluding hydrogens is 554 g/mol. The molecule has 1 fully saturated rings. The maximum Gasteiger partial charge on any atom is 0.352 e. The summed E-state index contributed by atoms with van der Waals surface area (Å²) in [5, 5.41) is 30.9. The highest BCUT2D eigenvalue weighted by atomic mass is 32.2. The Labute approximate surface area is 226 Å². The molecule has 0 spiro atoms. The molecule has 0 unspecified atom stereocenters. The number of anilines is 2. The number of oxime groups is 1. The number of carboxylic acids is 1. The second kappa shape index (κ2) is 10.3. The maximum atomic E-state index is 13.0. The molecule has 0 bridgehead atoms. The molecule has 2 atom stereocenters. The summed E-state index contributed by atoms with van der Waals surface area (Å²) in [6.07, 6.45) is 3.12. The lowest BCUT2D eigenvalue weighted by Gasteiger charge is -2.49. The minimum absolute atomic E-state index is 0.0509. The zero-order chi connectivity index (χ0) is 27.8. The van der Waals surface area contributed by atoms with Crippen LogP contribution in [-0.2, 0) is 25.7 Å². The number of rotatable bonds is 8. The van der Waals surface area contributed by atoms with E-state index >= 15 is 0 Å². The summed E-state index contributed by atoms with van der Waals surface area (Å²) in [4.78, 5) is 54.8. The number of nitrogen functional groups attached to an aromatic ring is 1. The highest BCUT2D eigenvalue weighted by Crippen LogP contribution is 2.40. The third-order valence-electron chi connectivity index (χ3n) is 5.85. The van der Waals surface area contributed by atoms with Gasteiger partial charge in [0.1, 0.15) is 23.7 Å². The first-order valence-electron chi connectivity index (χ1n) is 11.1. The fraction of sp³-hybridized carbons (Fsp3) is 0.250. The smallest absolute Gasteiger partial charge is 0.352 e. The molecule has 0 aliphatic carbocycles. The Hall–Kier alpha value is -4.62. The number of nitrogens with one attached hydrogen (secondary N) is 2. The number of carbonyl (C=O) groups is 4. The molecule has 5 rings (SSSR count). The van der Waals surface area contributed by atoms with Crippen LogP contribution in [0.15, 0.2) is 41.0 Å². The molecule has 1 saturated heterocycles. The van der Waals surface area contributed by atoms with Gasteiger partial charge in [0.25, 0.3) is 17.6 Å². The predicted molar refractivity (Wildman–Crippen MR) is 135 cm³/mol. The largest absolute Gasteiger partial charge is 0.477 e. The topological polar surface area (TPSA) is 247 Å². The SMILES string of the molecule is NCC(=O)Nc1c[n+](CC2=C(C(=O)O)N3C(=O)[C@@H](NC(=O)/C(=N\O)c4nsc(N)n4)[C@H]3SC2)c2cccnn12. The number of amides is 3. The Morgan fingerprint density at radius 3 is 2.79 bits per heavy atom. The molecule has 0 saturated carbocycles. The van der Waals surface area contributed by atoms with Gasteiger partial charge in [-0.15, -0.1) is 11.8 Å². The van der Waals surface area contributed by atoms with Gasteiger partial charge in [0.2, 0.25) is 17.4 Å². The lowest BCUT2D eigenvalue weighted by Crippen LogP contribution is -2.71. The van der Waals surface area contributed by atoms with Crippen LogP contribution < -0.4 is 26.7 Å². The molecule has 3 aromatic rings. The van der Waals surface area contributed by atoms with Crippen LogP contribution in [0.1, 0.15) is 5.82 Å². The molecule has 3 aromatic heterocycles. The summed E-state index contributed by atoms with van der Waals surface area (Å²) in [6, 6.07) is 2.34. The van der Waals surface area contributed by atoms with E-state index in [-0.39, 0.29) is 35.5 Å². The van der Waals surface area contributed by atoms with Gasteiger partial charge in [-0.2, -0.15) is 9.36 Å². The van der Waals surface area contributed by atoms with Crippen molar-refractivity contribution in [2.24, 2.45) is 10.9 Å². The van der Waals surface area contributed by atoms with Crippen molar-refractivity contribution >= 4 is 69.3 Å². The van der Waals surface area contributed by atoms with Gasteiger partial charge in [-0.1, -0.05) is 14.8 Å². The van der Waals surface area contributed by atoms with E-state index in [1.165, 1.54) is 22.5 Å². The third kappa shape index (κ3) is 4.62. The highest BCUT2D eigenvalue weighted by Gasteiger charge is 2.54. The van der Waals surface area contributed by atoms with Gasteiger partial charge in [0.05, 0.1) is 12.7 Å². The minimum atomic E-state index is -1.31. The molecule has 19 heteroatoms. The van der Waals surface area contributed by atoms with Gasteiger partial charge in [0, 0.05) is 28.9 Å². The van der Waals surface area contributed by atoms with Crippen molar-refractivity contribution in [3.63, 3.8) is 0 Å². The van der Waals surface area contributed by atoms with Crippen molar-refractivity contribution in [2.75, 3.05) is 23.3 Å². The van der Waals surface area contributed by atoms with E-state index < -0.39 is 40.8 Å². The highest BCUT2D eigenvalue weighted by molar-refractivity contribution is 8.00. The summed E-state index contributed by atoms with van der Waals surface area (Å²) < 4.78 is 6.98. The number of nitrogens with zero attached hydrogens (tertiary/aromatic N) is 7. The number of aliphatic carboxylic acids is 1. The molecule has 2 aliphatic heterocycles. The molecule has 39 heavy (non-hydrogen) atoms. The normalized spacial score (nSPS) is 19.1.